The van der Waals surface area contributed by atoms with E-state index in [0.717, 1.165) is 37.3 Å². The fraction of sp³-hybridized carbons (Fsp3) is 0.636. The summed E-state index contributed by atoms with van der Waals surface area (Å²) in [5.41, 5.74) is 1.37. The largest absolute Gasteiger partial charge is 0.396 e. The maximum atomic E-state index is 8.98. The van der Waals surface area contributed by atoms with Crippen LogP contribution in [0.4, 0.5) is 5.82 Å². The van der Waals surface area contributed by atoms with Gasteiger partial charge in [-0.05, 0) is 26.2 Å². The van der Waals surface area contributed by atoms with Crippen LogP contribution in [0.3, 0.4) is 0 Å². The number of hydrogen-bond acceptors (Lipinski definition) is 4. The van der Waals surface area contributed by atoms with Crippen LogP contribution in [0.15, 0.2) is 0 Å². The lowest BCUT2D eigenvalue weighted by atomic mass is 10.2. The number of unbranched alkanes of at least 4 members (excludes halogenated alkanes) is 2. The van der Waals surface area contributed by atoms with Crippen LogP contribution in [0, 0.1) is 18.3 Å². The molecule has 88 valence electrons. The number of rotatable bonds is 6. The molecule has 16 heavy (non-hydrogen) atoms. The molecule has 0 aliphatic heterocycles. The van der Waals surface area contributed by atoms with Crippen molar-refractivity contribution in [2.24, 2.45) is 7.05 Å². The lowest BCUT2D eigenvalue weighted by Gasteiger charge is -2.06. The first-order chi connectivity index (χ1) is 7.70. The smallest absolute Gasteiger partial charge is 0.142 e. The van der Waals surface area contributed by atoms with Gasteiger partial charge in [0.2, 0.25) is 0 Å². The van der Waals surface area contributed by atoms with Crippen molar-refractivity contribution in [3.05, 3.63) is 11.3 Å². The molecule has 0 aliphatic rings. The molecule has 5 heteroatoms. The van der Waals surface area contributed by atoms with Crippen LogP contribution in [-0.4, -0.2) is 28.0 Å². The number of hydrogen-bond donors (Lipinski definition) is 2. The van der Waals surface area contributed by atoms with E-state index in [1.165, 1.54) is 0 Å². The SMILES string of the molecule is Cc1nn(C)c(NCCCCCO)c1C#N. The molecular formula is C11H18N4O. The minimum atomic E-state index is 0.244. The van der Waals surface area contributed by atoms with Gasteiger partial charge in [-0.3, -0.25) is 4.68 Å². The Bertz CT molecular complexity index is 378. The van der Waals surface area contributed by atoms with E-state index < -0.39 is 0 Å². The molecule has 5 nitrogen and oxygen atoms in total. The Morgan fingerprint density at radius 1 is 1.44 bits per heavy atom. The monoisotopic (exact) mass is 222 g/mol. The molecule has 0 aliphatic carbocycles. The minimum Gasteiger partial charge on any atom is -0.396 e. The highest BCUT2D eigenvalue weighted by molar-refractivity contribution is 5.54. The number of nitriles is 1. The summed E-state index contributed by atoms with van der Waals surface area (Å²) in [7, 11) is 1.82. The maximum absolute atomic E-state index is 8.98. The molecule has 1 rings (SSSR count). The third-order valence-corrected chi connectivity index (χ3v) is 2.46. The van der Waals surface area contributed by atoms with E-state index in [1.807, 2.05) is 14.0 Å². The number of aliphatic hydroxyl groups excluding tert-OH is 1. The van der Waals surface area contributed by atoms with E-state index in [0.29, 0.717) is 5.56 Å². The molecule has 2 N–H and O–H groups in total. The average molecular weight is 222 g/mol. The van der Waals surface area contributed by atoms with Crippen LogP contribution in [0.1, 0.15) is 30.5 Å². The Morgan fingerprint density at radius 2 is 2.19 bits per heavy atom. The molecule has 1 aromatic rings. The molecule has 0 fully saturated rings. The summed E-state index contributed by atoms with van der Waals surface area (Å²) < 4.78 is 1.69. The van der Waals surface area contributed by atoms with Gasteiger partial charge in [-0.15, -0.1) is 0 Å². The summed E-state index contributed by atoms with van der Waals surface area (Å²) in [4.78, 5) is 0. The van der Waals surface area contributed by atoms with E-state index in [4.69, 9.17) is 10.4 Å². The van der Waals surface area contributed by atoms with Crippen molar-refractivity contribution in [2.45, 2.75) is 26.2 Å². The zero-order valence-corrected chi connectivity index (χ0v) is 9.82. The highest BCUT2D eigenvalue weighted by Crippen LogP contribution is 2.17. The highest BCUT2D eigenvalue weighted by atomic mass is 16.2. The fourth-order valence-electron chi connectivity index (χ4n) is 1.62. The predicted octanol–water partition coefficient (Wildman–Crippen LogP) is 1.17. The van der Waals surface area contributed by atoms with Crippen molar-refractivity contribution in [1.82, 2.24) is 9.78 Å². The van der Waals surface area contributed by atoms with Gasteiger partial charge in [-0.2, -0.15) is 10.4 Å². The molecule has 0 amide bonds. The third-order valence-electron chi connectivity index (χ3n) is 2.46. The Morgan fingerprint density at radius 3 is 2.81 bits per heavy atom. The summed E-state index contributed by atoms with van der Waals surface area (Å²) in [6.07, 6.45) is 2.80. The molecule has 0 aromatic carbocycles. The van der Waals surface area contributed by atoms with E-state index >= 15 is 0 Å². The molecule has 1 aromatic heterocycles. The zero-order valence-electron chi connectivity index (χ0n) is 9.82. The summed E-state index contributed by atoms with van der Waals surface area (Å²) in [6.45, 7) is 2.87. The van der Waals surface area contributed by atoms with Gasteiger partial charge in [0.25, 0.3) is 0 Å². The fourth-order valence-corrected chi connectivity index (χ4v) is 1.62. The van der Waals surface area contributed by atoms with E-state index in [-0.39, 0.29) is 6.61 Å². The topological polar surface area (TPSA) is 73.9 Å². The molecule has 0 atom stereocenters. The zero-order chi connectivity index (χ0) is 12.0. The Kier molecular flexibility index (Phi) is 4.80. The molecule has 0 radical (unpaired) electrons. The van der Waals surface area contributed by atoms with E-state index in [1.54, 1.807) is 4.68 Å². The van der Waals surface area contributed by atoms with Crippen LogP contribution in [0.5, 0.6) is 0 Å². The first kappa shape index (κ1) is 12.5. The molecule has 0 unspecified atom stereocenters. The van der Waals surface area contributed by atoms with Gasteiger partial charge in [-0.25, -0.2) is 0 Å². The van der Waals surface area contributed by atoms with Gasteiger partial charge in [-0.1, -0.05) is 0 Å². The summed E-state index contributed by atoms with van der Waals surface area (Å²) in [6, 6.07) is 2.15. The summed E-state index contributed by atoms with van der Waals surface area (Å²) >= 11 is 0. The van der Waals surface area contributed by atoms with Crippen molar-refractivity contribution in [3.8, 4) is 6.07 Å². The normalized spacial score (nSPS) is 10.1. The molecule has 0 saturated carbocycles. The standard InChI is InChI=1S/C11H18N4O/c1-9-10(8-12)11(15(2)14-9)13-6-4-3-5-7-16/h13,16H,3-7H2,1-2H3. The van der Waals surface area contributed by atoms with Gasteiger partial charge >= 0.3 is 0 Å². The quantitative estimate of drug-likeness (QED) is 0.709. The molecule has 1 heterocycles. The van der Waals surface area contributed by atoms with Gasteiger partial charge in [0.1, 0.15) is 17.5 Å². The van der Waals surface area contributed by atoms with Crippen molar-refractivity contribution >= 4 is 5.82 Å². The van der Waals surface area contributed by atoms with Crippen LogP contribution in [0.25, 0.3) is 0 Å². The number of nitrogens with one attached hydrogen (secondary N) is 1. The molecule has 0 spiro atoms. The Hall–Kier alpha value is -1.54. The molecular weight excluding hydrogens is 204 g/mol. The van der Waals surface area contributed by atoms with Crippen LogP contribution in [-0.2, 0) is 7.05 Å². The Labute approximate surface area is 95.7 Å². The number of aryl methyl sites for hydroxylation is 2. The van der Waals surface area contributed by atoms with Crippen molar-refractivity contribution in [2.75, 3.05) is 18.5 Å². The highest BCUT2D eigenvalue weighted by Gasteiger charge is 2.11. The number of anilines is 1. The number of nitrogens with zero attached hydrogens (tertiary/aromatic N) is 3. The van der Waals surface area contributed by atoms with Crippen molar-refractivity contribution < 1.29 is 5.11 Å². The summed E-state index contributed by atoms with van der Waals surface area (Å²) in [5, 5.41) is 25.0. The third kappa shape index (κ3) is 2.97. The lowest BCUT2D eigenvalue weighted by Crippen LogP contribution is -2.07. The lowest BCUT2D eigenvalue weighted by molar-refractivity contribution is 0.283. The second-order valence-electron chi connectivity index (χ2n) is 3.76. The second-order valence-corrected chi connectivity index (χ2v) is 3.76. The van der Waals surface area contributed by atoms with E-state index in [9.17, 15) is 0 Å². The van der Waals surface area contributed by atoms with Gasteiger partial charge in [0, 0.05) is 20.2 Å². The van der Waals surface area contributed by atoms with Gasteiger partial charge in [0.15, 0.2) is 0 Å². The van der Waals surface area contributed by atoms with E-state index in [2.05, 4.69) is 16.5 Å². The van der Waals surface area contributed by atoms with Crippen LogP contribution < -0.4 is 5.32 Å². The van der Waals surface area contributed by atoms with Crippen molar-refractivity contribution in [3.63, 3.8) is 0 Å². The second kappa shape index (κ2) is 6.13. The maximum Gasteiger partial charge on any atom is 0.142 e. The van der Waals surface area contributed by atoms with Crippen molar-refractivity contribution in [1.29, 1.82) is 5.26 Å². The van der Waals surface area contributed by atoms with Gasteiger partial charge < -0.3 is 10.4 Å². The van der Waals surface area contributed by atoms with Crippen LogP contribution in [0.2, 0.25) is 0 Å². The summed E-state index contributed by atoms with van der Waals surface area (Å²) in [5.74, 6) is 0.781. The van der Waals surface area contributed by atoms with Gasteiger partial charge in [0.05, 0.1) is 5.69 Å². The minimum absolute atomic E-state index is 0.244. The molecule has 0 saturated heterocycles. The van der Waals surface area contributed by atoms with Crippen LogP contribution >= 0.6 is 0 Å². The Balaban J connectivity index is 2.51. The number of aromatic nitrogens is 2. The predicted molar refractivity (Wildman–Crippen MR) is 62.1 cm³/mol. The number of aliphatic hydroxyl groups is 1. The molecule has 0 bridgehead atoms. The average Bonchev–Trinajstić information content (AvgIpc) is 2.53. The first-order valence-electron chi connectivity index (χ1n) is 5.49. The first-order valence-corrected chi connectivity index (χ1v) is 5.49.